The Balaban J connectivity index is 2.15. The zero-order valence-corrected chi connectivity index (χ0v) is 16.0. The first-order valence-electron chi connectivity index (χ1n) is 7.91. The Bertz CT molecular complexity index is 715. The van der Waals surface area contributed by atoms with E-state index >= 15 is 0 Å². The number of hydrogen-bond acceptors (Lipinski definition) is 3. The SMILES string of the molecule is CCCCC(=NNC(=O)c1ccc(OC)c(I)c1)c1ccccc1. The van der Waals surface area contributed by atoms with E-state index in [4.69, 9.17) is 4.74 Å². The van der Waals surface area contributed by atoms with Crippen molar-refractivity contribution in [1.82, 2.24) is 5.43 Å². The molecule has 0 aromatic heterocycles. The lowest BCUT2D eigenvalue weighted by Gasteiger charge is -2.08. The summed E-state index contributed by atoms with van der Waals surface area (Å²) >= 11 is 2.15. The second-order valence-electron chi connectivity index (χ2n) is 5.32. The highest BCUT2D eigenvalue weighted by molar-refractivity contribution is 14.1. The third-order valence-electron chi connectivity index (χ3n) is 3.58. The van der Waals surface area contributed by atoms with Gasteiger partial charge in [-0.1, -0.05) is 43.7 Å². The van der Waals surface area contributed by atoms with Gasteiger partial charge in [-0.2, -0.15) is 5.10 Å². The summed E-state index contributed by atoms with van der Waals surface area (Å²) < 4.78 is 6.10. The van der Waals surface area contributed by atoms with Gasteiger partial charge >= 0.3 is 0 Å². The molecule has 0 aliphatic rings. The summed E-state index contributed by atoms with van der Waals surface area (Å²) in [6.07, 6.45) is 2.95. The molecule has 0 saturated carbocycles. The molecular formula is C19H21IN2O2. The van der Waals surface area contributed by atoms with Crippen molar-refractivity contribution in [3.05, 3.63) is 63.2 Å². The van der Waals surface area contributed by atoms with Gasteiger partial charge in [0, 0.05) is 5.56 Å². The van der Waals surface area contributed by atoms with Gasteiger partial charge in [0.25, 0.3) is 5.91 Å². The van der Waals surface area contributed by atoms with Gasteiger partial charge in [0.1, 0.15) is 5.75 Å². The van der Waals surface area contributed by atoms with E-state index in [1.165, 1.54) is 0 Å². The minimum atomic E-state index is -0.222. The number of halogens is 1. The van der Waals surface area contributed by atoms with Gasteiger partial charge in [-0.25, -0.2) is 5.43 Å². The summed E-state index contributed by atoms with van der Waals surface area (Å²) in [5, 5.41) is 4.36. The van der Waals surface area contributed by atoms with Crippen molar-refractivity contribution in [2.24, 2.45) is 5.10 Å². The average Bonchev–Trinajstić information content (AvgIpc) is 2.62. The van der Waals surface area contributed by atoms with Gasteiger partial charge in [0.05, 0.1) is 16.4 Å². The lowest BCUT2D eigenvalue weighted by Crippen LogP contribution is -2.20. The van der Waals surface area contributed by atoms with Crippen LogP contribution in [0.1, 0.15) is 42.1 Å². The van der Waals surface area contributed by atoms with E-state index < -0.39 is 0 Å². The van der Waals surface area contributed by atoms with Crippen LogP contribution < -0.4 is 10.2 Å². The van der Waals surface area contributed by atoms with Gasteiger partial charge in [-0.15, -0.1) is 0 Å². The van der Waals surface area contributed by atoms with Crippen LogP contribution in [0.2, 0.25) is 0 Å². The Kier molecular flexibility index (Phi) is 7.24. The second kappa shape index (κ2) is 9.42. The van der Waals surface area contributed by atoms with Crippen molar-refractivity contribution < 1.29 is 9.53 Å². The molecule has 24 heavy (non-hydrogen) atoms. The first kappa shape index (κ1) is 18.4. The van der Waals surface area contributed by atoms with Gasteiger partial charge < -0.3 is 4.74 Å². The number of unbranched alkanes of at least 4 members (excludes halogenated alkanes) is 1. The van der Waals surface area contributed by atoms with Gasteiger partial charge in [0.2, 0.25) is 0 Å². The van der Waals surface area contributed by atoms with Crippen LogP contribution in [-0.2, 0) is 0 Å². The minimum absolute atomic E-state index is 0.222. The first-order valence-corrected chi connectivity index (χ1v) is 8.99. The Morgan fingerprint density at radius 1 is 1.17 bits per heavy atom. The molecule has 2 aromatic carbocycles. The summed E-state index contributed by atoms with van der Waals surface area (Å²) in [4.78, 5) is 12.3. The lowest BCUT2D eigenvalue weighted by molar-refractivity contribution is 0.0954. The van der Waals surface area contributed by atoms with Crippen LogP contribution in [0.3, 0.4) is 0 Å². The summed E-state index contributed by atoms with van der Waals surface area (Å²) in [5.41, 5.74) is 5.17. The van der Waals surface area contributed by atoms with Crippen molar-refractivity contribution in [3.63, 3.8) is 0 Å². The van der Waals surface area contributed by atoms with Crippen LogP contribution in [0.5, 0.6) is 5.75 Å². The molecule has 0 spiro atoms. The molecule has 0 fully saturated rings. The molecule has 5 heteroatoms. The van der Waals surface area contributed by atoms with Crippen molar-refractivity contribution in [2.45, 2.75) is 26.2 Å². The van der Waals surface area contributed by atoms with E-state index in [0.717, 1.165) is 39.9 Å². The highest BCUT2D eigenvalue weighted by Crippen LogP contribution is 2.21. The molecule has 4 nitrogen and oxygen atoms in total. The molecule has 0 aliphatic carbocycles. The third kappa shape index (κ3) is 5.06. The molecule has 2 rings (SSSR count). The molecule has 0 unspecified atom stereocenters. The number of nitrogens with zero attached hydrogens (tertiary/aromatic N) is 1. The third-order valence-corrected chi connectivity index (χ3v) is 4.42. The van der Waals surface area contributed by atoms with E-state index in [-0.39, 0.29) is 5.91 Å². The molecule has 1 amide bonds. The number of methoxy groups -OCH3 is 1. The van der Waals surface area contributed by atoms with Crippen LogP contribution in [0.15, 0.2) is 53.6 Å². The fourth-order valence-electron chi connectivity index (χ4n) is 2.23. The summed E-state index contributed by atoms with van der Waals surface area (Å²) in [7, 11) is 1.61. The number of benzene rings is 2. The number of hydrogen-bond donors (Lipinski definition) is 1. The lowest BCUT2D eigenvalue weighted by atomic mass is 10.1. The number of carbonyl (C=O) groups excluding carboxylic acids is 1. The van der Waals surface area contributed by atoms with Crippen molar-refractivity contribution in [3.8, 4) is 5.75 Å². The fraction of sp³-hybridized carbons (Fsp3) is 0.263. The Morgan fingerprint density at radius 3 is 2.54 bits per heavy atom. The van der Waals surface area contributed by atoms with Crippen LogP contribution in [-0.4, -0.2) is 18.7 Å². The quantitative estimate of drug-likeness (QED) is 0.391. The molecule has 0 aliphatic heterocycles. The maximum absolute atomic E-state index is 12.3. The topological polar surface area (TPSA) is 50.7 Å². The van der Waals surface area contributed by atoms with Crippen molar-refractivity contribution >= 4 is 34.2 Å². The molecule has 126 valence electrons. The Labute approximate surface area is 156 Å². The number of ether oxygens (including phenoxy) is 1. The van der Waals surface area contributed by atoms with Gasteiger partial charge in [-0.3, -0.25) is 4.79 Å². The highest BCUT2D eigenvalue weighted by Gasteiger charge is 2.09. The summed E-state index contributed by atoms with van der Waals surface area (Å²) in [5.74, 6) is 0.532. The fourth-order valence-corrected chi connectivity index (χ4v) is 2.97. The predicted molar refractivity (Wildman–Crippen MR) is 106 cm³/mol. The Hall–Kier alpha value is -1.89. The van der Waals surface area contributed by atoms with Crippen molar-refractivity contribution in [2.75, 3.05) is 7.11 Å². The standard InChI is InChI=1S/C19H21IN2O2/c1-3-4-10-17(14-8-6-5-7-9-14)21-22-19(23)15-11-12-18(24-2)16(20)13-15/h5-9,11-13H,3-4,10H2,1-2H3,(H,22,23). The van der Waals surface area contributed by atoms with Gasteiger partial charge in [-0.05, 0) is 59.2 Å². The largest absolute Gasteiger partial charge is 0.496 e. The van der Waals surface area contributed by atoms with E-state index in [2.05, 4.69) is 40.0 Å². The zero-order valence-electron chi connectivity index (χ0n) is 13.9. The highest BCUT2D eigenvalue weighted by atomic mass is 127. The zero-order chi connectivity index (χ0) is 17.4. The number of amides is 1. The first-order chi connectivity index (χ1) is 11.7. The molecule has 0 bridgehead atoms. The maximum Gasteiger partial charge on any atom is 0.271 e. The summed E-state index contributed by atoms with van der Waals surface area (Å²) in [6, 6.07) is 15.3. The maximum atomic E-state index is 12.3. The molecule has 1 N–H and O–H groups in total. The molecule has 2 aromatic rings. The molecule has 0 atom stereocenters. The second-order valence-corrected chi connectivity index (χ2v) is 6.48. The van der Waals surface area contributed by atoms with Crippen molar-refractivity contribution in [1.29, 1.82) is 0 Å². The number of carbonyl (C=O) groups is 1. The van der Waals surface area contributed by atoms with Crippen LogP contribution in [0.25, 0.3) is 0 Å². The number of hydrazone groups is 1. The smallest absolute Gasteiger partial charge is 0.271 e. The molecule has 0 saturated heterocycles. The van der Waals surface area contributed by atoms with E-state index in [9.17, 15) is 4.79 Å². The average molecular weight is 436 g/mol. The predicted octanol–water partition coefficient (Wildman–Crippen LogP) is 4.62. The molecule has 0 heterocycles. The van der Waals surface area contributed by atoms with Crippen LogP contribution in [0.4, 0.5) is 0 Å². The van der Waals surface area contributed by atoms with E-state index in [1.807, 2.05) is 30.3 Å². The van der Waals surface area contributed by atoms with Gasteiger partial charge in [0.15, 0.2) is 0 Å². The number of nitrogens with one attached hydrogen (secondary N) is 1. The van der Waals surface area contributed by atoms with Crippen LogP contribution >= 0.6 is 22.6 Å². The normalized spacial score (nSPS) is 11.2. The monoisotopic (exact) mass is 436 g/mol. The summed E-state index contributed by atoms with van der Waals surface area (Å²) in [6.45, 7) is 2.14. The Morgan fingerprint density at radius 2 is 1.92 bits per heavy atom. The van der Waals surface area contributed by atoms with E-state index in [1.54, 1.807) is 25.3 Å². The number of rotatable bonds is 7. The minimum Gasteiger partial charge on any atom is -0.496 e. The van der Waals surface area contributed by atoms with E-state index in [0.29, 0.717) is 5.56 Å². The van der Waals surface area contributed by atoms with Crippen LogP contribution in [0, 0.1) is 3.57 Å². The molecular weight excluding hydrogens is 415 g/mol. The molecule has 0 radical (unpaired) electrons.